The molecular weight excluding hydrogens is 342 g/mol. The number of para-hydroxylation sites is 2. The van der Waals surface area contributed by atoms with Gasteiger partial charge in [0.1, 0.15) is 11.5 Å². The van der Waals surface area contributed by atoms with Gasteiger partial charge in [0.25, 0.3) is 0 Å². The van der Waals surface area contributed by atoms with Crippen molar-refractivity contribution in [2.45, 2.75) is 26.4 Å². The average Bonchev–Trinajstić information content (AvgIpc) is 3.30. The Hall–Kier alpha value is -2.92. The minimum atomic E-state index is 0.0296. The molecule has 5 heteroatoms. The van der Waals surface area contributed by atoms with E-state index in [-0.39, 0.29) is 6.04 Å². The summed E-state index contributed by atoms with van der Waals surface area (Å²) >= 11 is 0. The normalized spacial score (nSPS) is 12.6. The lowest BCUT2D eigenvalue weighted by atomic mass is 10.2. The van der Waals surface area contributed by atoms with Crippen molar-refractivity contribution in [3.63, 3.8) is 0 Å². The first-order valence-corrected chi connectivity index (χ1v) is 9.13. The third-order valence-corrected chi connectivity index (χ3v) is 4.62. The van der Waals surface area contributed by atoms with Crippen LogP contribution in [0.2, 0.25) is 0 Å². The first kappa shape index (κ1) is 17.5. The van der Waals surface area contributed by atoms with E-state index in [0.717, 1.165) is 45.0 Å². The van der Waals surface area contributed by atoms with Crippen molar-refractivity contribution in [3.05, 3.63) is 60.1 Å². The van der Waals surface area contributed by atoms with E-state index >= 15 is 0 Å². The molecule has 4 aromatic rings. The summed E-state index contributed by atoms with van der Waals surface area (Å²) in [4.78, 5) is 0. The fourth-order valence-electron chi connectivity index (χ4n) is 3.23. The number of methoxy groups -OCH3 is 1. The molecule has 27 heavy (non-hydrogen) atoms. The van der Waals surface area contributed by atoms with Crippen molar-refractivity contribution in [2.24, 2.45) is 0 Å². The smallest absolute Gasteiger partial charge is 0.176 e. The van der Waals surface area contributed by atoms with Crippen LogP contribution in [0.4, 0.5) is 0 Å². The lowest BCUT2D eigenvalue weighted by Crippen LogP contribution is -2.17. The van der Waals surface area contributed by atoms with Gasteiger partial charge in [-0.2, -0.15) is 0 Å². The van der Waals surface area contributed by atoms with Crippen LogP contribution in [0.25, 0.3) is 21.9 Å². The molecule has 0 bridgehead atoms. The molecule has 2 aromatic heterocycles. The summed E-state index contributed by atoms with van der Waals surface area (Å²) < 4.78 is 23.0. The predicted molar refractivity (Wildman–Crippen MR) is 105 cm³/mol. The maximum Gasteiger partial charge on any atom is 0.176 e. The molecule has 0 amide bonds. The van der Waals surface area contributed by atoms with E-state index in [2.05, 4.69) is 18.3 Å². The van der Waals surface area contributed by atoms with E-state index < -0.39 is 0 Å². The SMILES string of the molecule is CCOc1cccc2cc(C(C)NCc3cc4cccc(OC)c4o3)oc12. The van der Waals surface area contributed by atoms with Crippen LogP contribution in [-0.4, -0.2) is 13.7 Å². The Kier molecular flexibility index (Phi) is 4.77. The number of furan rings is 2. The Bertz CT molecular complexity index is 1060. The molecule has 140 valence electrons. The molecule has 0 fully saturated rings. The highest BCUT2D eigenvalue weighted by Crippen LogP contribution is 2.32. The van der Waals surface area contributed by atoms with E-state index in [1.807, 2.05) is 49.4 Å². The summed E-state index contributed by atoms with van der Waals surface area (Å²) in [5.74, 6) is 3.24. The standard InChI is InChI=1S/C22H23NO4/c1-4-25-19-10-6-8-16-12-20(27-22(16)19)14(2)23-13-17-11-15-7-5-9-18(24-3)21(15)26-17/h5-12,14,23H,4,13H2,1-3H3. The third-order valence-electron chi connectivity index (χ3n) is 4.62. The van der Waals surface area contributed by atoms with Gasteiger partial charge in [-0.05, 0) is 38.1 Å². The molecule has 0 saturated heterocycles. The minimum Gasteiger partial charge on any atom is -0.493 e. The fraction of sp³-hybridized carbons (Fsp3) is 0.273. The summed E-state index contributed by atoms with van der Waals surface area (Å²) in [7, 11) is 1.65. The van der Waals surface area contributed by atoms with Crippen LogP contribution in [0.1, 0.15) is 31.4 Å². The number of ether oxygens (including phenoxy) is 2. The average molecular weight is 365 g/mol. The van der Waals surface area contributed by atoms with Gasteiger partial charge in [-0.25, -0.2) is 0 Å². The maximum atomic E-state index is 6.06. The summed E-state index contributed by atoms with van der Waals surface area (Å²) in [5.41, 5.74) is 1.56. The molecule has 1 N–H and O–H groups in total. The zero-order valence-electron chi connectivity index (χ0n) is 15.7. The molecule has 0 aliphatic heterocycles. The van der Waals surface area contributed by atoms with Crippen molar-refractivity contribution in [1.82, 2.24) is 5.32 Å². The molecule has 5 nitrogen and oxygen atoms in total. The molecule has 1 atom stereocenters. The fourth-order valence-corrected chi connectivity index (χ4v) is 3.23. The zero-order chi connectivity index (χ0) is 18.8. The van der Waals surface area contributed by atoms with Gasteiger partial charge in [-0.3, -0.25) is 0 Å². The van der Waals surface area contributed by atoms with Gasteiger partial charge in [0.2, 0.25) is 0 Å². The van der Waals surface area contributed by atoms with Crippen LogP contribution in [0.3, 0.4) is 0 Å². The zero-order valence-corrected chi connectivity index (χ0v) is 15.7. The van der Waals surface area contributed by atoms with Crippen LogP contribution < -0.4 is 14.8 Å². The molecule has 2 heterocycles. The summed E-state index contributed by atoms with van der Waals surface area (Å²) in [6, 6.07) is 15.9. The first-order valence-electron chi connectivity index (χ1n) is 9.13. The Balaban J connectivity index is 1.52. The van der Waals surface area contributed by atoms with E-state index in [4.69, 9.17) is 18.3 Å². The summed E-state index contributed by atoms with van der Waals surface area (Å²) in [6.07, 6.45) is 0. The third kappa shape index (κ3) is 3.38. The van der Waals surface area contributed by atoms with Gasteiger partial charge in [-0.15, -0.1) is 0 Å². The highest BCUT2D eigenvalue weighted by Gasteiger charge is 2.15. The number of nitrogens with one attached hydrogen (secondary N) is 1. The number of fused-ring (bicyclic) bond motifs is 2. The summed E-state index contributed by atoms with van der Waals surface area (Å²) in [5, 5.41) is 5.53. The Morgan fingerprint density at radius 2 is 1.67 bits per heavy atom. The van der Waals surface area contributed by atoms with Crippen molar-refractivity contribution >= 4 is 21.9 Å². The van der Waals surface area contributed by atoms with Crippen LogP contribution in [0.5, 0.6) is 11.5 Å². The van der Waals surface area contributed by atoms with Crippen LogP contribution in [-0.2, 0) is 6.54 Å². The number of hydrogen-bond donors (Lipinski definition) is 1. The maximum absolute atomic E-state index is 6.06. The van der Waals surface area contributed by atoms with Gasteiger partial charge in [-0.1, -0.05) is 24.3 Å². The second-order valence-corrected chi connectivity index (χ2v) is 6.45. The minimum absolute atomic E-state index is 0.0296. The van der Waals surface area contributed by atoms with Gasteiger partial charge < -0.3 is 23.6 Å². The quantitative estimate of drug-likeness (QED) is 0.473. The van der Waals surface area contributed by atoms with Crippen LogP contribution in [0.15, 0.2) is 57.4 Å². The Labute approximate surface area is 157 Å². The highest BCUT2D eigenvalue weighted by atomic mass is 16.5. The Morgan fingerprint density at radius 3 is 2.41 bits per heavy atom. The van der Waals surface area contributed by atoms with Crippen molar-refractivity contribution < 1.29 is 18.3 Å². The first-order chi connectivity index (χ1) is 13.2. The van der Waals surface area contributed by atoms with E-state index in [1.165, 1.54) is 0 Å². The number of rotatable bonds is 7. The highest BCUT2D eigenvalue weighted by molar-refractivity contribution is 5.84. The van der Waals surface area contributed by atoms with E-state index in [0.29, 0.717) is 13.2 Å². The molecule has 0 saturated carbocycles. The second-order valence-electron chi connectivity index (χ2n) is 6.45. The van der Waals surface area contributed by atoms with E-state index in [9.17, 15) is 0 Å². The summed E-state index contributed by atoms with van der Waals surface area (Å²) in [6.45, 7) is 5.24. The van der Waals surface area contributed by atoms with Gasteiger partial charge in [0.15, 0.2) is 22.7 Å². The Morgan fingerprint density at radius 1 is 0.963 bits per heavy atom. The van der Waals surface area contributed by atoms with Crippen LogP contribution >= 0.6 is 0 Å². The van der Waals surface area contributed by atoms with Gasteiger partial charge >= 0.3 is 0 Å². The van der Waals surface area contributed by atoms with E-state index in [1.54, 1.807) is 7.11 Å². The molecule has 0 radical (unpaired) electrons. The molecule has 4 rings (SSSR count). The number of benzene rings is 2. The predicted octanol–water partition coefficient (Wildman–Crippen LogP) is 5.44. The molecule has 0 aliphatic rings. The van der Waals surface area contributed by atoms with Gasteiger partial charge in [0, 0.05) is 10.8 Å². The molecule has 2 aromatic carbocycles. The second kappa shape index (κ2) is 7.37. The molecule has 0 aliphatic carbocycles. The largest absolute Gasteiger partial charge is 0.493 e. The van der Waals surface area contributed by atoms with Crippen LogP contribution in [0, 0.1) is 0 Å². The van der Waals surface area contributed by atoms with Gasteiger partial charge in [0.05, 0.1) is 26.3 Å². The van der Waals surface area contributed by atoms with Crippen molar-refractivity contribution in [3.8, 4) is 11.5 Å². The lowest BCUT2D eigenvalue weighted by molar-refractivity contribution is 0.335. The molecule has 0 spiro atoms. The topological polar surface area (TPSA) is 56.8 Å². The molecule has 1 unspecified atom stereocenters. The monoisotopic (exact) mass is 365 g/mol. The molecular formula is C22H23NO4. The van der Waals surface area contributed by atoms with Crippen molar-refractivity contribution in [2.75, 3.05) is 13.7 Å². The van der Waals surface area contributed by atoms with Crippen molar-refractivity contribution in [1.29, 1.82) is 0 Å². The number of hydrogen-bond acceptors (Lipinski definition) is 5. The lowest BCUT2D eigenvalue weighted by Gasteiger charge is -2.09.